The molecule has 0 unspecified atom stereocenters. The van der Waals surface area contributed by atoms with E-state index in [4.69, 9.17) is 4.74 Å². The SMILES string of the molecule is COc1ccccc1NS(=O)(=O)c1cccc(S(=O)(=O)[C@@H]2CCS(=O)(=O)C2)c1. The van der Waals surface area contributed by atoms with Gasteiger partial charge in [0.25, 0.3) is 10.0 Å². The van der Waals surface area contributed by atoms with Gasteiger partial charge in [-0.1, -0.05) is 18.2 Å². The first-order chi connectivity index (χ1) is 13.0. The highest BCUT2D eigenvalue weighted by Crippen LogP contribution is 2.29. The Kier molecular flexibility index (Phi) is 5.43. The van der Waals surface area contributed by atoms with E-state index in [0.29, 0.717) is 5.75 Å². The lowest BCUT2D eigenvalue weighted by Gasteiger charge is -2.14. The van der Waals surface area contributed by atoms with Crippen molar-refractivity contribution in [3.8, 4) is 5.75 Å². The summed E-state index contributed by atoms with van der Waals surface area (Å²) in [7, 11) is -10.1. The minimum absolute atomic E-state index is 0.00110. The monoisotopic (exact) mass is 445 g/mol. The van der Waals surface area contributed by atoms with Crippen LogP contribution in [0, 0.1) is 0 Å². The molecule has 8 nitrogen and oxygen atoms in total. The van der Waals surface area contributed by atoms with Crippen LogP contribution in [-0.2, 0) is 29.7 Å². The molecule has 3 rings (SSSR count). The Labute approximate surface area is 164 Å². The van der Waals surface area contributed by atoms with Crippen molar-refractivity contribution in [2.45, 2.75) is 21.5 Å². The lowest BCUT2D eigenvalue weighted by molar-refractivity contribution is 0.417. The Morgan fingerprint density at radius 2 is 1.68 bits per heavy atom. The van der Waals surface area contributed by atoms with Gasteiger partial charge >= 0.3 is 0 Å². The Morgan fingerprint density at radius 3 is 2.32 bits per heavy atom. The number of rotatable bonds is 6. The third-order valence-corrected chi connectivity index (χ3v) is 9.96. The van der Waals surface area contributed by atoms with Gasteiger partial charge in [0.1, 0.15) is 5.75 Å². The fraction of sp³-hybridized carbons (Fsp3) is 0.294. The molecular weight excluding hydrogens is 426 g/mol. The van der Waals surface area contributed by atoms with E-state index in [9.17, 15) is 25.3 Å². The molecule has 152 valence electrons. The fourth-order valence-electron chi connectivity index (χ4n) is 2.95. The molecule has 1 aliphatic heterocycles. The van der Waals surface area contributed by atoms with E-state index >= 15 is 0 Å². The number of para-hydroxylation sites is 2. The van der Waals surface area contributed by atoms with Crippen LogP contribution in [0.15, 0.2) is 58.3 Å². The van der Waals surface area contributed by atoms with Crippen LogP contribution in [0.25, 0.3) is 0 Å². The van der Waals surface area contributed by atoms with Crippen LogP contribution in [0.5, 0.6) is 5.75 Å². The number of benzene rings is 2. The molecule has 1 saturated heterocycles. The lowest BCUT2D eigenvalue weighted by atomic mass is 10.3. The van der Waals surface area contributed by atoms with Gasteiger partial charge in [-0.3, -0.25) is 4.72 Å². The van der Waals surface area contributed by atoms with Gasteiger partial charge < -0.3 is 4.74 Å². The number of sulfonamides is 1. The van der Waals surface area contributed by atoms with Gasteiger partial charge in [0.05, 0.1) is 39.3 Å². The van der Waals surface area contributed by atoms with E-state index in [0.717, 1.165) is 6.07 Å². The number of ether oxygens (including phenoxy) is 1. The first kappa shape index (κ1) is 20.6. The first-order valence-corrected chi connectivity index (χ1v) is 13.1. The lowest BCUT2D eigenvalue weighted by Crippen LogP contribution is -2.23. The maximum absolute atomic E-state index is 12.8. The molecule has 1 aliphatic rings. The van der Waals surface area contributed by atoms with Gasteiger partial charge in [-0.15, -0.1) is 0 Å². The zero-order valence-corrected chi connectivity index (χ0v) is 17.3. The third kappa shape index (κ3) is 4.15. The van der Waals surface area contributed by atoms with Crippen LogP contribution < -0.4 is 9.46 Å². The zero-order chi connectivity index (χ0) is 20.6. The second-order valence-corrected chi connectivity index (χ2v) is 12.5. The number of anilines is 1. The van der Waals surface area contributed by atoms with Crippen LogP contribution in [0.1, 0.15) is 6.42 Å². The van der Waals surface area contributed by atoms with Crippen molar-refractivity contribution in [2.24, 2.45) is 0 Å². The van der Waals surface area contributed by atoms with Crippen molar-refractivity contribution >= 4 is 35.4 Å². The smallest absolute Gasteiger partial charge is 0.262 e. The minimum Gasteiger partial charge on any atom is -0.495 e. The second kappa shape index (κ2) is 7.37. The summed E-state index contributed by atoms with van der Waals surface area (Å²) in [5.41, 5.74) is 0.208. The maximum Gasteiger partial charge on any atom is 0.262 e. The highest BCUT2D eigenvalue weighted by atomic mass is 32.2. The summed E-state index contributed by atoms with van der Waals surface area (Å²) >= 11 is 0. The van der Waals surface area contributed by atoms with E-state index < -0.39 is 40.7 Å². The fourth-order valence-corrected chi connectivity index (χ4v) is 8.54. The van der Waals surface area contributed by atoms with Gasteiger partial charge in [0, 0.05) is 0 Å². The summed E-state index contributed by atoms with van der Waals surface area (Å²) in [4.78, 5) is -0.474. The van der Waals surface area contributed by atoms with Gasteiger partial charge in [-0.05, 0) is 36.8 Å². The molecule has 1 fully saturated rings. The summed E-state index contributed by atoms with van der Waals surface area (Å²) in [5.74, 6) is -0.332. The van der Waals surface area contributed by atoms with E-state index in [1.165, 1.54) is 31.4 Å². The summed E-state index contributed by atoms with van der Waals surface area (Å²) in [6.45, 7) is 0. The van der Waals surface area contributed by atoms with Crippen LogP contribution in [0.4, 0.5) is 5.69 Å². The Balaban J connectivity index is 1.94. The summed E-state index contributed by atoms with van der Waals surface area (Å²) < 4.78 is 81.7. The summed E-state index contributed by atoms with van der Waals surface area (Å²) in [6, 6.07) is 11.3. The Bertz CT molecular complexity index is 1200. The molecule has 1 heterocycles. The number of hydrogen-bond acceptors (Lipinski definition) is 7. The number of sulfone groups is 2. The van der Waals surface area contributed by atoms with Crippen molar-refractivity contribution in [3.05, 3.63) is 48.5 Å². The number of hydrogen-bond donors (Lipinski definition) is 1. The van der Waals surface area contributed by atoms with Gasteiger partial charge in [-0.2, -0.15) is 0 Å². The normalized spacial score (nSPS) is 19.2. The average Bonchev–Trinajstić information content (AvgIpc) is 3.02. The van der Waals surface area contributed by atoms with Crippen LogP contribution in [0.2, 0.25) is 0 Å². The molecule has 1 atom stereocenters. The van der Waals surface area contributed by atoms with Gasteiger partial charge in [-0.25, -0.2) is 25.3 Å². The molecule has 0 aliphatic carbocycles. The molecule has 28 heavy (non-hydrogen) atoms. The van der Waals surface area contributed by atoms with Crippen molar-refractivity contribution in [1.82, 2.24) is 0 Å². The molecular formula is C17H19NO7S3. The molecule has 1 N–H and O–H groups in total. The van der Waals surface area contributed by atoms with Crippen molar-refractivity contribution in [3.63, 3.8) is 0 Å². The van der Waals surface area contributed by atoms with Gasteiger partial charge in [0.2, 0.25) is 0 Å². The molecule has 2 aromatic carbocycles. The molecule has 2 aromatic rings. The average molecular weight is 446 g/mol. The molecule has 0 bridgehead atoms. The standard InChI is InChI=1S/C17H19NO7S3/c1-25-17-8-3-2-7-16(17)18-28(23,24)14-6-4-5-13(11-14)27(21,22)15-9-10-26(19,20)12-15/h2-8,11,15,18H,9-10,12H2,1H3/t15-/m1/s1. The predicted molar refractivity (Wildman–Crippen MR) is 104 cm³/mol. The van der Waals surface area contributed by atoms with Crippen LogP contribution >= 0.6 is 0 Å². The highest BCUT2D eigenvalue weighted by Gasteiger charge is 2.38. The van der Waals surface area contributed by atoms with Gasteiger partial charge in [0.15, 0.2) is 19.7 Å². The molecule has 0 radical (unpaired) electrons. The largest absolute Gasteiger partial charge is 0.495 e. The van der Waals surface area contributed by atoms with Crippen molar-refractivity contribution in [1.29, 1.82) is 0 Å². The Hall–Kier alpha value is -2.11. The minimum atomic E-state index is -4.09. The zero-order valence-electron chi connectivity index (χ0n) is 14.9. The van der Waals surface area contributed by atoms with E-state index in [2.05, 4.69) is 4.72 Å². The number of nitrogens with one attached hydrogen (secondary N) is 1. The second-order valence-electron chi connectivity index (χ2n) is 6.35. The number of methoxy groups -OCH3 is 1. The van der Waals surface area contributed by atoms with Crippen LogP contribution in [0.3, 0.4) is 0 Å². The molecule has 0 spiro atoms. The van der Waals surface area contributed by atoms with Crippen molar-refractivity contribution < 1.29 is 30.0 Å². The quantitative estimate of drug-likeness (QED) is 0.714. The van der Waals surface area contributed by atoms with E-state index in [-0.39, 0.29) is 27.7 Å². The molecule has 0 saturated carbocycles. The van der Waals surface area contributed by atoms with Crippen molar-refractivity contribution in [2.75, 3.05) is 23.3 Å². The third-order valence-electron chi connectivity index (χ3n) is 4.43. The Morgan fingerprint density at radius 1 is 1.00 bits per heavy atom. The molecule has 0 aromatic heterocycles. The molecule has 11 heteroatoms. The van der Waals surface area contributed by atoms with E-state index in [1.54, 1.807) is 18.2 Å². The highest BCUT2D eigenvalue weighted by molar-refractivity contribution is 7.96. The maximum atomic E-state index is 12.8. The molecule has 0 amide bonds. The first-order valence-electron chi connectivity index (χ1n) is 8.25. The van der Waals surface area contributed by atoms with Crippen LogP contribution in [-0.4, -0.2) is 49.1 Å². The topological polar surface area (TPSA) is 124 Å². The van der Waals surface area contributed by atoms with E-state index in [1.807, 2.05) is 0 Å². The predicted octanol–water partition coefficient (Wildman–Crippen LogP) is 1.46. The summed E-state index contributed by atoms with van der Waals surface area (Å²) in [5, 5.41) is -1.07. The summed E-state index contributed by atoms with van der Waals surface area (Å²) in [6.07, 6.45) is 0.00110.